The van der Waals surface area contributed by atoms with Crippen LogP contribution in [-0.4, -0.2) is 24.6 Å². The highest BCUT2D eigenvalue weighted by Crippen LogP contribution is 2.16. The Hall–Kier alpha value is -3.22. The van der Waals surface area contributed by atoms with Gasteiger partial charge >= 0.3 is 12.6 Å². The number of ether oxygens (including phenoxy) is 2. The first-order valence-electron chi connectivity index (χ1n) is 8.14. The van der Waals surface area contributed by atoms with Gasteiger partial charge in [0.05, 0.1) is 0 Å². The van der Waals surface area contributed by atoms with E-state index in [1.807, 2.05) is 19.1 Å². The summed E-state index contributed by atoms with van der Waals surface area (Å²) < 4.78 is 33.5. The molecule has 0 heterocycles. The summed E-state index contributed by atoms with van der Waals surface area (Å²) in [6.45, 7) is 0.470. The van der Waals surface area contributed by atoms with Crippen LogP contribution in [-0.2, 0) is 14.3 Å². The molecule has 1 atom stereocenters. The first-order valence-corrected chi connectivity index (χ1v) is 8.14. The molecule has 0 spiro atoms. The van der Waals surface area contributed by atoms with Crippen LogP contribution in [0, 0.1) is 6.92 Å². The van der Waals surface area contributed by atoms with Gasteiger partial charge in [0.25, 0.3) is 5.91 Å². The molecule has 0 unspecified atom stereocenters. The van der Waals surface area contributed by atoms with E-state index in [0.29, 0.717) is 11.3 Å². The number of esters is 1. The Kier molecular flexibility index (Phi) is 7.05. The number of anilines is 1. The average Bonchev–Trinajstić information content (AvgIpc) is 2.60. The SMILES string of the molecule is Cc1cccc(NC(=O)[C@@H](C)OC(=O)/C=C/c2ccc(OC(F)F)cc2)c1. The number of halogens is 2. The zero-order valence-corrected chi connectivity index (χ0v) is 14.8. The molecular weight excluding hydrogens is 356 g/mol. The van der Waals surface area contributed by atoms with E-state index in [-0.39, 0.29) is 5.75 Å². The second-order valence-corrected chi connectivity index (χ2v) is 5.72. The standard InChI is InChI=1S/C20H19F2NO4/c1-13-4-3-5-16(12-13)23-19(25)14(2)26-18(24)11-8-15-6-9-17(10-7-15)27-20(21)22/h3-12,14,20H,1-2H3,(H,23,25)/b11-8+/t14-/m1/s1. The zero-order chi connectivity index (χ0) is 19.8. The number of alkyl halides is 2. The highest BCUT2D eigenvalue weighted by molar-refractivity contribution is 5.96. The molecule has 27 heavy (non-hydrogen) atoms. The molecule has 0 saturated heterocycles. The number of amides is 1. The summed E-state index contributed by atoms with van der Waals surface area (Å²) in [5.41, 5.74) is 2.19. The lowest BCUT2D eigenvalue weighted by atomic mass is 10.2. The number of rotatable bonds is 7. The van der Waals surface area contributed by atoms with E-state index in [9.17, 15) is 18.4 Å². The van der Waals surface area contributed by atoms with Crippen molar-refractivity contribution in [3.05, 3.63) is 65.7 Å². The summed E-state index contributed by atoms with van der Waals surface area (Å²) in [6.07, 6.45) is 1.61. The molecule has 5 nitrogen and oxygen atoms in total. The molecule has 142 valence electrons. The minimum absolute atomic E-state index is 0.0196. The van der Waals surface area contributed by atoms with Gasteiger partial charge in [-0.15, -0.1) is 0 Å². The van der Waals surface area contributed by atoms with Gasteiger partial charge in [0.15, 0.2) is 6.10 Å². The number of hydrogen-bond acceptors (Lipinski definition) is 4. The van der Waals surface area contributed by atoms with Gasteiger partial charge in [-0.3, -0.25) is 4.79 Å². The van der Waals surface area contributed by atoms with Crippen molar-refractivity contribution in [2.75, 3.05) is 5.32 Å². The maximum atomic E-state index is 12.1. The Morgan fingerprint density at radius 2 is 1.81 bits per heavy atom. The normalized spacial score (nSPS) is 12.0. The van der Waals surface area contributed by atoms with Crippen molar-refractivity contribution in [1.82, 2.24) is 0 Å². The molecule has 2 rings (SSSR count). The third kappa shape index (κ3) is 6.89. The van der Waals surface area contributed by atoms with Gasteiger partial charge in [-0.25, -0.2) is 4.79 Å². The van der Waals surface area contributed by atoms with Crippen molar-refractivity contribution >= 4 is 23.6 Å². The van der Waals surface area contributed by atoms with Gasteiger partial charge in [0.1, 0.15) is 5.75 Å². The molecule has 0 aliphatic rings. The molecule has 1 N–H and O–H groups in total. The molecule has 2 aromatic carbocycles. The molecular formula is C20H19F2NO4. The van der Waals surface area contributed by atoms with Crippen LogP contribution in [0.5, 0.6) is 5.75 Å². The monoisotopic (exact) mass is 375 g/mol. The topological polar surface area (TPSA) is 64.6 Å². The van der Waals surface area contributed by atoms with Gasteiger partial charge < -0.3 is 14.8 Å². The number of aryl methyl sites for hydroxylation is 1. The van der Waals surface area contributed by atoms with Crippen LogP contribution in [0.25, 0.3) is 6.08 Å². The van der Waals surface area contributed by atoms with E-state index in [1.54, 1.807) is 12.1 Å². The maximum Gasteiger partial charge on any atom is 0.387 e. The van der Waals surface area contributed by atoms with Crippen molar-refractivity contribution < 1.29 is 27.8 Å². The third-order valence-electron chi connectivity index (χ3n) is 3.46. The van der Waals surface area contributed by atoms with Gasteiger partial charge in [-0.05, 0) is 55.3 Å². The van der Waals surface area contributed by atoms with Crippen LogP contribution in [0.4, 0.5) is 14.5 Å². The number of carbonyl (C=O) groups is 2. The number of benzene rings is 2. The summed E-state index contributed by atoms with van der Waals surface area (Å²) in [6, 6.07) is 13.0. The predicted octanol–water partition coefficient (Wildman–Crippen LogP) is 4.18. The second-order valence-electron chi connectivity index (χ2n) is 5.72. The molecule has 0 aliphatic carbocycles. The summed E-state index contributed by atoms with van der Waals surface area (Å²) in [5.74, 6) is -1.13. The van der Waals surface area contributed by atoms with Crippen molar-refractivity contribution in [2.45, 2.75) is 26.6 Å². The largest absolute Gasteiger partial charge is 0.449 e. The molecule has 0 fully saturated rings. The van der Waals surface area contributed by atoms with Crippen molar-refractivity contribution in [3.8, 4) is 5.75 Å². The molecule has 7 heteroatoms. The Morgan fingerprint density at radius 3 is 2.44 bits per heavy atom. The highest BCUT2D eigenvalue weighted by Gasteiger charge is 2.16. The Balaban J connectivity index is 1.86. The van der Waals surface area contributed by atoms with Crippen molar-refractivity contribution in [2.24, 2.45) is 0 Å². The van der Waals surface area contributed by atoms with Crippen LogP contribution in [0.3, 0.4) is 0 Å². The smallest absolute Gasteiger partial charge is 0.387 e. The van der Waals surface area contributed by atoms with Crippen LogP contribution >= 0.6 is 0 Å². The summed E-state index contributed by atoms with van der Waals surface area (Å²) in [7, 11) is 0. The van der Waals surface area contributed by atoms with Gasteiger partial charge in [0.2, 0.25) is 0 Å². The fraction of sp³-hybridized carbons (Fsp3) is 0.200. The summed E-state index contributed by atoms with van der Waals surface area (Å²) >= 11 is 0. The lowest BCUT2D eigenvalue weighted by Crippen LogP contribution is -2.29. The van der Waals surface area contributed by atoms with E-state index in [1.165, 1.54) is 37.3 Å². The quantitative estimate of drug-likeness (QED) is 0.582. The lowest BCUT2D eigenvalue weighted by Gasteiger charge is -2.12. The van der Waals surface area contributed by atoms with E-state index in [4.69, 9.17) is 4.74 Å². The Bertz CT molecular complexity index is 819. The zero-order valence-electron chi connectivity index (χ0n) is 14.8. The Labute approximate surface area is 155 Å². The third-order valence-corrected chi connectivity index (χ3v) is 3.46. The van der Waals surface area contributed by atoms with Crippen molar-refractivity contribution in [3.63, 3.8) is 0 Å². The minimum atomic E-state index is -2.89. The molecule has 0 aliphatic heterocycles. The van der Waals surface area contributed by atoms with Gasteiger partial charge in [0, 0.05) is 11.8 Å². The van der Waals surface area contributed by atoms with Crippen LogP contribution in [0.1, 0.15) is 18.1 Å². The fourth-order valence-electron chi connectivity index (χ4n) is 2.16. The van der Waals surface area contributed by atoms with Gasteiger partial charge in [-0.2, -0.15) is 8.78 Å². The molecule has 1 amide bonds. The average molecular weight is 375 g/mol. The second kappa shape index (κ2) is 9.47. The first kappa shape index (κ1) is 20.1. The van der Waals surface area contributed by atoms with E-state index < -0.39 is 24.6 Å². The minimum Gasteiger partial charge on any atom is -0.449 e. The highest BCUT2D eigenvalue weighted by atomic mass is 19.3. The maximum absolute atomic E-state index is 12.1. The van der Waals surface area contributed by atoms with Crippen molar-refractivity contribution in [1.29, 1.82) is 0 Å². The van der Waals surface area contributed by atoms with Crippen LogP contribution < -0.4 is 10.1 Å². The van der Waals surface area contributed by atoms with Crippen LogP contribution in [0.2, 0.25) is 0 Å². The predicted molar refractivity (Wildman–Crippen MR) is 97.5 cm³/mol. The number of hydrogen-bond donors (Lipinski definition) is 1. The number of carbonyl (C=O) groups excluding carboxylic acids is 2. The Morgan fingerprint density at radius 1 is 1.11 bits per heavy atom. The molecule has 0 bridgehead atoms. The summed E-state index contributed by atoms with van der Waals surface area (Å²) in [5, 5.41) is 2.67. The van der Waals surface area contributed by atoms with E-state index in [0.717, 1.165) is 11.6 Å². The molecule has 2 aromatic rings. The first-order chi connectivity index (χ1) is 12.8. The molecule has 0 radical (unpaired) electrons. The lowest BCUT2D eigenvalue weighted by molar-refractivity contribution is -0.148. The van der Waals surface area contributed by atoms with E-state index in [2.05, 4.69) is 10.1 Å². The summed E-state index contributed by atoms with van der Waals surface area (Å²) in [4.78, 5) is 23.9. The van der Waals surface area contributed by atoms with Crippen LogP contribution in [0.15, 0.2) is 54.6 Å². The van der Waals surface area contributed by atoms with E-state index >= 15 is 0 Å². The van der Waals surface area contributed by atoms with Gasteiger partial charge in [-0.1, -0.05) is 24.3 Å². The molecule has 0 saturated carbocycles. The number of nitrogens with one attached hydrogen (secondary N) is 1. The fourth-order valence-corrected chi connectivity index (χ4v) is 2.16. The molecule has 0 aromatic heterocycles.